The lowest BCUT2D eigenvalue weighted by molar-refractivity contribution is 0.00944. The molecule has 0 aromatic carbocycles. The van der Waals surface area contributed by atoms with Gasteiger partial charge in [0.15, 0.2) is 5.82 Å². The van der Waals surface area contributed by atoms with Crippen LogP contribution in [0.15, 0.2) is 12.5 Å². The Balaban J connectivity index is 1.36. The maximum atomic E-state index is 12.4. The second-order valence-electron chi connectivity index (χ2n) is 9.94. The molecule has 1 N–H and O–H groups in total. The van der Waals surface area contributed by atoms with Crippen molar-refractivity contribution < 1.29 is 9.53 Å². The Morgan fingerprint density at radius 3 is 2.55 bits per heavy atom. The summed E-state index contributed by atoms with van der Waals surface area (Å²) in [4.78, 5) is 32.9. The summed E-state index contributed by atoms with van der Waals surface area (Å²) in [5, 5.41) is 6.74. The molecule has 10 nitrogen and oxygen atoms in total. The SMILES string of the molecule is CC[C@H]1CN(c2ncc(-c3ncn[nH]3)nc2C)CCN1C1CCN(C(=O)OC(C)(C)C)CC1. The number of nitrogens with zero attached hydrogens (tertiary/aromatic N) is 7. The van der Waals surface area contributed by atoms with Crippen LogP contribution in [0.2, 0.25) is 0 Å². The number of nitrogens with one attached hydrogen (secondary N) is 1. The van der Waals surface area contributed by atoms with Crippen molar-refractivity contribution >= 4 is 11.9 Å². The Bertz CT molecular complexity index is 934. The molecule has 2 aromatic rings. The number of carbonyl (C=O) groups is 1. The number of piperazine rings is 1. The number of hydrogen-bond acceptors (Lipinski definition) is 8. The van der Waals surface area contributed by atoms with Crippen LogP contribution in [-0.2, 0) is 4.74 Å². The first-order valence-electron chi connectivity index (χ1n) is 11.9. The third kappa shape index (κ3) is 5.43. The minimum atomic E-state index is -0.453. The molecule has 4 rings (SSSR count). The molecule has 0 unspecified atom stereocenters. The number of rotatable bonds is 4. The molecule has 2 fully saturated rings. The normalized spacial score (nSPS) is 20.8. The molecule has 0 aliphatic carbocycles. The fourth-order valence-corrected chi connectivity index (χ4v) is 4.84. The quantitative estimate of drug-likeness (QED) is 0.749. The smallest absolute Gasteiger partial charge is 0.410 e. The van der Waals surface area contributed by atoms with E-state index in [0.29, 0.717) is 23.6 Å². The first-order valence-corrected chi connectivity index (χ1v) is 11.9. The Labute approximate surface area is 195 Å². The van der Waals surface area contributed by atoms with Crippen LogP contribution < -0.4 is 4.90 Å². The van der Waals surface area contributed by atoms with Crippen LogP contribution in [0.3, 0.4) is 0 Å². The van der Waals surface area contributed by atoms with E-state index in [4.69, 9.17) is 14.7 Å². The molecule has 180 valence electrons. The van der Waals surface area contributed by atoms with Crippen molar-refractivity contribution in [3.05, 3.63) is 18.2 Å². The van der Waals surface area contributed by atoms with Gasteiger partial charge in [-0.05, 0) is 47.0 Å². The average Bonchev–Trinajstić information content (AvgIpc) is 3.33. The fourth-order valence-electron chi connectivity index (χ4n) is 4.84. The highest BCUT2D eigenvalue weighted by atomic mass is 16.6. The van der Waals surface area contributed by atoms with E-state index in [9.17, 15) is 4.79 Å². The van der Waals surface area contributed by atoms with Crippen LogP contribution in [0, 0.1) is 6.92 Å². The number of H-pyrrole nitrogens is 1. The summed E-state index contributed by atoms with van der Waals surface area (Å²) in [6.07, 6.45) is 6.10. The Morgan fingerprint density at radius 2 is 1.94 bits per heavy atom. The van der Waals surface area contributed by atoms with Gasteiger partial charge in [0.25, 0.3) is 0 Å². The molecule has 0 radical (unpaired) electrons. The number of piperidine rings is 1. The summed E-state index contributed by atoms with van der Waals surface area (Å²) >= 11 is 0. The molecule has 0 spiro atoms. The van der Waals surface area contributed by atoms with Gasteiger partial charge >= 0.3 is 6.09 Å². The minimum Gasteiger partial charge on any atom is -0.444 e. The zero-order valence-electron chi connectivity index (χ0n) is 20.4. The molecule has 2 aliphatic rings. The topological polar surface area (TPSA) is 103 Å². The maximum absolute atomic E-state index is 12.4. The minimum absolute atomic E-state index is 0.194. The van der Waals surface area contributed by atoms with E-state index < -0.39 is 5.60 Å². The standard InChI is InChI=1S/C23H36N8O2/c1-6-17-14-30(21-16(2)27-19(13-24-21)20-25-15-26-28-20)11-12-31(17)18-7-9-29(10-8-18)22(32)33-23(3,4)5/h13,15,17-18H,6-12,14H2,1-5H3,(H,25,26,28)/t17-/m0/s1. The number of aryl methyl sites for hydroxylation is 1. The Hall–Kier alpha value is -2.75. The van der Waals surface area contributed by atoms with Gasteiger partial charge in [-0.1, -0.05) is 6.92 Å². The van der Waals surface area contributed by atoms with Crippen molar-refractivity contribution in [3.8, 4) is 11.5 Å². The summed E-state index contributed by atoms with van der Waals surface area (Å²) in [6, 6.07) is 0.948. The lowest BCUT2D eigenvalue weighted by Crippen LogP contribution is -2.59. The Kier molecular flexibility index (Phi) is 6.83. The van der Waals surface area contributed by atoms with Gasteiger partial charge in [-0.2, -0.15) is 5.10 Å². The van der Waals surface area contributed by atoms with Crippen LogP contribution in [0.1, 0.15) is 52.7 Å². The van der Waals surface area contributed by atoms with Gasteiger partial charge in [0.1, 0.15) is 23.4 Å². The lowest BCUT2D eigenvalue weighted by Gasteiger charge is -2.47. The van der Waals surface area contributed by atoms with Crippen molar-refractivity contribution in [3.63, 3.8) is 0 Å². The van der Waals surface area contributed by atoms with E-state index in [1.165, 1.54) is 6.33 Å². The second-order valence-corrected chi connectivity index (χ2v) is 9.94. The fraction of sp³-hybridized carbons (Fsp3) is 0.696. The predicted octanol–water partition coefficient (Wildman–Crippen LogP) is 2.87. The van der Waals surface area contributed by atoms with Crippen molar-refractivity contribution in [1.82, 2.24) is 34.9 Å². The van der Waals surface area contributed by atoms with Crippen molar-refractivity contribution in [2.45, 2.75) is 71.6 Å². The van der Waals surface area contributed by atoms with Crippen LogP contribution in [0.4, 0.5) is 10.6 Å². The highest BCUT2D eigenvalue weighted by Crippen LogP contribution is 2.27. The number of hydrogen-bond donors (Lipinski definition) is 1. The summed E-state index contributed by atoms with van der Waals surface area (Å²) in [5.74, 6) is 1.57. The molecule has 10 heteroatoms. The molecule has 0 saturated carbocycles. The molecule has 1 amide bonds. The van der Waals surface area contributed by atoms with Crippen LogP contribution in [0.25, 0.3) is 11.5 Å². The maximum Gasteiger partial charge on any atom is 0.410 e. The molecule has 0 bridgehead atoms. The monoisotopic (exact) mass is 456 g/mol. The van der Waals surface area contributed by atoms with E-state index in [1.807, 2.05) is 32.6 Å². The van der Waals surface area contributed by atoms with Crippen molar-refractivity contribution in [2.24, 2.45) is 0 Å². The molecule has 2 saturated heterocycles. The number of aromatic nitrogens is 5. The third-order valence-electron chi connectivity index (χ3n) is 6.46. The van der Waals surface area contributed by atoms with E-state index in [-0.39, 0.29) is 6.09 Å². The third-order valence-corrected chi connectivity index (χ3v) is 6.46. The first kappa shape index (κ1) is 23.4. The number of likely N-dealkylation sites (tertiary alicyclic amines) is 1. The van der Waals surface area contributed by atoms with Gasteiger partial charge in [-0.15, -0.1) is 0 Å². The molecule has 4 heterocycles. The van der Waals surface area contributed by atoms with Crippen LogP contribution >= 0.6 is 0 Å². The number of carbonyl (C=O) groups excluding carboxylic acids is 1. The van der Waals surface area contributed by atoms with Gasteiger partial charge in [-0.25, -0.2) is 19.7 Å². The van der Waals surface area contributed by atoms with Gasteiger partial charge in [0.05, 0.1) is 11.9 Å². The highest BCUT2D eigenvalue weighted by molar-refractivity contribution is 5.68. The van der Waals surface area contributed by atoms with Crippen LogP contribution in [0.5, 0.6) is 0 Å². The van der Waals surface area contributed by atoms with Gasteiger partial charge in [0.2, 0.25) is 0 Å². The van der Waals surface area contributed by atoms with E-state index >= 15 is 0 Å². The summed E-state index contributed by atoms with van der Waals surface area (Å²) in [5.41, 5.74) is 1.15. The highest BCUT2D eigenvalue weighted by Gasteiger charge is 2.35. The second kappa shape index (κ2) is 9.62. The molecule has 2 aromatic heterocycles. The van der Waals surface area contributed by atoms with E-state index in [0.717, 1.165) is 63.5 Å². The molecular formula is C23H36N8O2. The first-order chi connectivity index (χ1) is 15.7. The number of anilines is 1. The lowest BCUT2D eigenvalue weighted by atomic mass is 9.98. The molecule has 33 heavy (non-hydrogen) atoms. The van der Waals surface area contributed by atoms with Crippen molar-refractivity contribution in [2.75, 3.05) is 37.6 Å². The number of amides is 1. The van der Waals surface area contributed by atoms with Gasteiger partial charge in [-0.3, -0.25) is 10.00 Å². The van der Waals surface area contributed by atoms with Crippen molar-refractivity contribution in [1.29, 1.82) is 0 Å². The average molecular weight is 457 g/mol. The summed E-state index contributed by atoms with van der Waals surface area (Å²) < 4.78 is 5.55. The summed E-state index contributed by atoms with van der Waals surface area (Å²) in [7, 11) is 0. The zero-order valence-corrected chi connectivity index (χ0v) is 20.4. The van der Waals surface area contributed by atoms with Gasteiger partial charge < -0.3 is 14.5 Å². The molecule has 1 atom stereocenters. The molecular weight excluding hydrogens is 420 g/mol. The van der Waals surface area contributed by atoms with E-state index in [2.05, 4.69) is 31.9 Å². The zero-order chi connectivity index (χ0) is 23.6. The van der Waals surface area contributed by atoms with E-state index in [1.54, 1.807) is 6.20 Å². The summed E-state index contributed by atoms with van der Waals surface area (Å²) in [6.45, 7) is 14.3. The number of aromatic amines is 1. The Morgan fingerprint density at radius 1 is 1.18 bits per heavy atom. The van der Waals surface area contributed by atoms with Crippen LogP contribution in [-0.4, -0.2) is 91.5 Å². The largest absolute Gasteiger partial charge is 0.444 e. The number of ether oxygens (including phenoxy) is 1. The predicted molar refractivity (Wildman–Crippen MR) is 126 cm³/mol. The van der Waals surface area contributed by atoms with Gasteiger partial charge in [0, 0.05) is 44.8 Å². The molecule has 2 aliphatic heterocycles.